The van der Waals surface area contributed by atoms with Crippen LogP contribution in [0.4, 0.5) is 0 Å². The Morgan fingerprint density at radius 2 is 2.04 bits per heavy atom. The molecular weight excluding hydrogens is 290 g/mol. The van der Waals surface area contributed by atoms with Crippen LogP contribution in [0.2, 0.25) is 0 Å². The molecule has 0 bridgehead atoms. The molecule has 1 aromatic carbocycles. The van der Waals surface area contributed by atoms with Crippen LogP contribution in [-0.4, -0.2) is 52.5 Å². The summed E-state index contributed by atoms with van der Waals surface area (Å²) in [6, 6.07) is 10.5. The fourth-order valence-electron chi connectivity index (χ4n) is 2.86. The van der Waals surface area contributed by atoms with Gasteiger partial charge in [0, 0.05) is 13.6 Å². The van der Waals surface area contributed by atoms with E-state index in [9.17, 15) is 4.79 Å². The van der Waals surface area contributed by atoms with Gasteiger partial charge in [0.05, 0.1) is 12.2 Å². The van der Waals surface area contributed by atoms with Crippen molar-refractivity contribution in [1.82, 2.24) is 25.2 Å². The zero-order chi connectivity index (χ0) is 16.1. The number of carbonyl (C=O) groups excluding carboxylic acids is 1. The summed E-state index contributed by atoms with van der Waals surface area (Å²) < 4.78 is 1.85. The smallest absolute Gasteiger partial charge is 0.275 e. The molecule has 0 unspecified atom stereocenters. The molecule has 3 rings (SSSR count). The molecule has 0 atom stereocenters. The zero-order valence-corrected chi connectivity index (χ0v) is 13.5. The molecule has 23 heavy (non-hydrogen) atoms. The molecule has 0 aliphatic carbocycles. The molecule has 0 saturated carbocycles. The number of amides is 1. The van der Waals surface area contributed by atoms with E-state index in [1.807, 2.05) is 29.9 Å². The molecule has 122 valence electrons. The Morgan fingerprint density at radius 1 is 1.30 bits per heavy atom. The lowest BCUT2D eigenvalue weighted by Gasteiger charge is -2.22. The van der Waals surface area contributed by atoms with Gasteiger partial charge in [-0.25, -0.2) is 4.68 Å². The minimum absolute atomic E-state index is 0.0684. The van der Waals surface area contributed by atoms with Crippen LogP contribution in [0.5, 0.6) is 0 Å². The number of benzene rings is 1. The number of piperidine rings is 1. The number of hydrogen-bond acceptors (Lipinski definition) is 4. The van der Waals surface area contributed by atoms with Crippen LogP contribution >= 0.6 is 0 Å². The van der Waals surface area contributed by atoms with Gasteiger partial charge >= 0.3 is 0 Å². The zero-order valence-electron chi connectivity index (χ0n) is 13.5. The second-order valence-corrected chi connectivity index (χ2v) is 6.03. The highest BCUT2D eigenvalue weighted by molar-refractivity contribution is 5.91. The van der Waals surface area contributed by atoms with Crippen LogP contribution in [0.15, 0.2) is 36.5 Å². The molecule has 2 heterocycles. The quantitative estimate of drug-likeness (QED) is 0.909. The highest BCUT2D eigenvalue weighted by atomic mass is 16.2. The highest BCUT2D eigenvalue weighted by Crippen LogP contribution is 2.17. The number of carbonyl (C=O) groups is 1. The first-order valence-electron chi connectivity index (χ1n) is 8.16. The van der Waals surface area contributed by atoms with Gasteiger partial charge in [-0.3, -0.25) is 4.79 Å². The summed E-state index contributed by atoms with van der Waals surface area (Å²) in [5.74, 6) is -0.0684. The molecule has 1 aliphatic rings. The van der Waals surface area contributed by atoms with E-state index in [2.05, 4.69) is 27.8 Å². The Kier molecular flexibility index (Phi) is 5.02. The van der Waals surface area contributed by atoms with E-state index in [0.717, 1.165) is 32.4 Å². The number of nitrogens with zero attached hydrogens (tertiary/aromatic N) is 4. The molecule has 1 saturated heterocycles. The van der Waals surface area contributed by atoms with Crippen molar-refractivity contribution in [2.45, 2.75) is 25.3 Å². The molecule has 1 aromatic heterocycles. The van der Waals surface area contributed by atoms with Crippen molar-refractivity contribution in [3.63, 3.8) is 0 Å². The van der Waals surface area contributed by atoms with E-state index in [-0.39, 0.29) is 5.91 Å². The number of aromatic nitrogens is 3. The summed E-state index contributed by atoms with van der Waals surface area (Å²) in [7, 11) is 1.81. The molecule has 1 fully saturated rings. The number of hydrogen-bond donors (Lipinski definition) is 1. The van der Waals surface area contributed by atoms with Crippen LogP contribution < -0.4 is 5.32 Å². The van der Waals surface area contributed by atoms with Gasteiger partial charge in [0.1, 0.15) is 0 Å². The fourth-order valence-corrected chi connectivity index (χ4v) is 2.86. The Hall–Kier alpha value is -2.21. The van der Waals surface area contributed by atoms with Crippen molar-refractivity contribution in [2.24, 2.45) is 0 Å². The van der Waals surface area contributed by atoms with Crippen molar-refractivity contribution in [1.29, 1.82) is 0 Å². The Bertz CT molecular complexity index is 633. The monoisotopic (exact) mass is 313 g/mol. The SMILES string of the molecule is CN(CCc1ccccc1)C(=O)c1cn(C2CCNCC2)nn1. The molecule has 1 N–H and O–H groups in total. The van der Waals surface area contributed by atoms with Crippen LogP contribution in [0, 0.1) is 0 Å². The summed E-state index contributed by atoms with van der Waals surface area (Å²) in [5.41, 5.74) is 1.66. The van der Waals surface area contributed by atoms with Crippen molar-refractivity contribution in [3.8, 4) is 0 Å². The Labute approximate surface area is 136 Å². The van der Waals surface area contributed by atoms with E-state index >= 15 is 0 Å². The maximum absolute atomic E-state index is 12.5. The molecular formula is C17H23N5O. The minimum atomic E-state index is -0.0684. The summed E-state index contributed by atoms with van der Waals surface area (Å²) in [6.07, 6.45) is 4.69. The van der Waals surface area contributed by atoms with E-state index in [1.54, 1.807) is 11.1 Å². The first kappa shape index (κ1) is 15.7. The predicted molar refractivity (Wildman–Crippen MR) is 88.3 cm³/mol. The van der Waals surface area contributed by atoms with Crippen LogP contribution in [0.3, 0.4) is 0 Å². The lowest BCUT2D eigenvalue weighted by atomic mass is 10.1. The van der Waals surface area contributed by atoms with Crippen molar-refractivity contribution < 1.29 is 4.79 Å². The predicted octanol–water partition coefficient (Wildman–Crippen LogP) is 1.52. The van der Waals surface area contributed by atoms with E-state index < -0.39 is 0 Å². The molecule has 1 aliphatic heterocycles. The van der Waals surface area contributed by atoms with Crippen LogP contribution in [-0.2, 0) is 6.42 Å². The number of nitrogens with one attached hydrogen (secondary N) is 1. The van der Waals surface area contributed by atoms with E-state index in [1.165, 1.54) is 5.56 Å². The van der Waals surface area contributed by atoms with Gasteiger partial charge in [0.2, 0.25) is 0 Å². The Morgan fingerprint density at radius 3 is 2.78 bits per heavy atom. The second-order valence-electron chi connectivity index (χ2n) is 6.03. The van der Waals surface area contributed by atoms with Gasteiger partial charge in [-0.15, -0.1) is 5.10 Å². The summed E-state index contributed by atoms with van der Waals surface area (Å²) in [4.78, 5) is 14.2. The highest BCUT2D eigenvalue weighted by Gasteiger charge is 2.20. The third kappa shape index (κ3) is 3.96. The summed E-state index contributed by atoms with van der Waals surface area (Å²) in [5, 5.41) is 11.5. The first-order valence-corrected chi connectivity index (χ1v) is 8.16. The normalized spacial score (nSPS) is 15.5. The lowest BCUT2D eigenvalue weighted by molar-refractivity contribution is 0.0790. The molecule has 0 spiro atoms. The number of rotatable bonds is 5. The van der Waals surface area contributed by atoms with Crippen LogP contribution in [0.1, 0.15) is 34.9 Å². The molecule has 6 nitrogen and oxygen atoms in total. The summed E-state index contributed by atoms with van der Waals surface area (Å²) >= 11 is 0. The van der Waals surface area contributed by atoms with Crippen molar-refractivity contribution in [2.75, 3.05) is 26.7 Å². The standard InChI is InChI=1S/C17H23N5O/c1-21(12-9-14-5-3-2-4-6-14)17(23)16-13-22(20-19-16)15-7-10-18-11-8-15/h2-6,13,15,18H,7-12H2,1H3. The topological polar surface area (TPSA) is 63.1 Å². The van der Waals surface area contributed by atoms with Gasteiger partial charge < -0.3 is 10.2 Å². The first-order chi connectivity index (χ1) is 11.2. The molecule has 2 aromatic rings. The van der Waals surface area contributed by atoms with Crippen molar-refractivity contribution >= 4 is 5.91 Å². The van der Waals surface area contributed by atoms with Gasteiger partial charge in [-0.2, -0.15) is 0 Å². The second kappa shape index (κ2) is 7.37. The fraction of sp³-hybridized carbons (Fsp3) is 0.471. The van der Waals surface area contributed by atoms with Gasteiger partial charge in [-0.05, 0) is 37.9 Å². The average molecular weight is 313 g/mol. The van der Waals surface area contributed by atoms with Crippen molar-refractivity contribution in [3.05, 3.63) is 47.8 Å². The van der Waals surface area contributed by atoms with Gasteiger partial charge in [0.15, 0.2) is 5.69 Å². The van der Waals surface area contributed by atoms with Crippen LogP contribution in [0.25, 0.3) is 0 Å². The lowest BCUT2D eigenvalue weighted by Crippen LogP contribution is -2.30. The largest absolute Gasteiger partial charge is 0.340 e. The number of likely N-dealkylation sites (N-methyl/N-ethyl adjacent to an activating group) is 1. The molecule has 0 radical (unpaired) electrons. The van der Waals surface area contributed by atoms with E-state index in [4.69, 9.17) is 0 Å². The maximum atomic E-state index is 12.5. The minimum Gasteiger partial charge on any atom is -0.340 e. The summed E-state index contributed by atoms with van der Waals surface area (Å²) in [6.45, 7) is 2.65. The average Bonchev–Trinajstić information content (AvgIpc) is 3.11. The Balaban J connectivity index is 1.57. The van der Waals surface area contributed by atoms with E-state index in [0.29, 0.717) is 18.3 Å². The third-order valence-corrected chi connectivity index (χ3v) is 4.34. The van der Waals surface area contributed by atoms with Gasteiger partial charge in [0.25, 0.3) is 5.91 Å². The third-order valence-electron chi connectivity index (χ3n) is 4.34. The van der Waals surface area contributed by atoms with Gasteiger partial charge in [-0.1, -0.05) is 35.5 Å². The molecule has 6 heteroatoms. The maximum Gasteiger partial charge on any atom is 0.275 e. The molecule has 1 amide bonds.